The molecule has 29 heavy (non-hydrogen) atoms. The van der Waals surface area contributed by atoms with Crippen LogP contribution in [0.1, 0.15) is 64.6 Å². The monoisotopic (exact) mass is 385 g/mol. The summed E-state index contributed by atoms with van der Waals surface area (Å²) in [4.78, 5) is 30.4. The minimum Gasteiger partial charge on any atom is -0.462 e. The van der Waals surface area contributed by atoms with E-state index >= 15 is 0 Å². The molecular weight excluding hydrogens is 362 g/mol. The van der Waals surface area contributed by atoms with Crippen LogP contribution in [0.5, 0.6) is 0 Å². The summed E-state index contributed by atoms with van der Waals surface area (Å²) in [6.45, 7) is 2.06. The molecule has 0 radical (unpaired) electrons. The maximum absolute atomic E-state index is 13.6. The van der Waals surface area contributed by atoms with E-state index in [0.717, 1.165) is 41.3 Å². The molecule has 1 heterocycles. The van der Waals surface area contributed by atoms with Crippen molar-refractivity contribution in [3.8, 4) is 0 Å². The number of nitrogens with zero attached hydrogens (tertiary/aromatic N) is 1. The fraction of sp³-hybridized carbons (Fsp3) is 0.240. The predicted octanol–water partition coefficient (Wildman–Crippen LogP) is 5.60. The van der Waals surface area contributed by atoms with E-state index in [9.17, 15) is 9.59 Å². The molecule has 4 heteroatoms. The number of ether oxygens (including phenoxy) is 1. The summed E-state index contributed by atoms with van der Waals surface area (Å²) in [5, 5.41) is 1.81. The first kappa shape index (κ1) is 19.1. The zero-order chi connectivity index (χ0) is 20.2. The molecule has 4 nitrogen and oxygen atoms in total. The lowest BCUT2D eigenvalue weighted by Crippen LogP contribution is -2.11. The van der Waals surface area contributed by atoms with Crippen molar-refractivity contribution in [3.05, 3.63) is 83.2 Å². The van der Waals surface area contributed by atoms with Crippen LogP contribution in [-0.2, 0) is 4.74 Å². The highest BCUT2D eigenvalue weighted by Crippen LogP contribution is 2.32. The summed E-state index contributed by atoms with van der Waals surface area (Å²) in [6.07, 6.45) is 8.25. The van der Waals surface area contributed by atoms with Crippen LogP contribution in [0.15, 0.2) is 60.8 Å². The van der Waals surface area contributed by atoms with Gasteiger partial charge in [-0.2, -0.15) is 0 Å². The number of benzene rings is 2. The molecule has 0 amide bonds. The van der Waals surface area contributed by atoms with E-state index in [2.05, 4.69) is 11.1 Å². The molecule has 0 saturated heterocycles. The molecule has 3 aromatic rings. The summed E-state index contributed by atoms with van der Waals surface area (Å²) in [5.41, 5.74) is 3.34. The van der Waals surface area contributed by atoms with Crippen LogP contribution in [-0.4, -0.2) is 23.3 Å². The molecule has 146 valence electrons. The van der Waals surface area contributed by atoms with Gasteiger partial charge in [-0.1, -0.05) is 42.5 Å². The Morgan fingerprint density at radius 3 is 2.66 bits per heavy atom. The summed E-state index contributed by atoms with van der Waals surface area (Å²) < 4.78 is 5.09. The molecule has 1 aliphatic rings. The van der Waals surface area contributed by atoms with Gasteiger partial charge in [0.1, 0.15) is 0 Å². The van der Waals surface area contributed by atoms with Crippen molar-refractivity contribution in [2.24, 2.45) is 0 Å². The van der Waals surface area contributed by atoms with Gasteiger partial charge in [0.25, 0.3) is 0 Å². The maximum Gasteiger partial charge on any atom is 0.338 e. The van der Waals surface area contributed by atoms with E-state index < -0.39 is 5.97 Å². The molecule has 0 fully saturated rings. The van der Waals surface area contributed by atoms with Crippen LogP contribution >= 0.6 is 0 Å². The number of allylic oxidation sites excluding steroid dienone is 2. The summed E-state index contributed by atoms with van der Waals surface area (Å²) in [5.74, 6) is -0.546. The van der Waals surface area contributed by atoms with Crippen molar-refractivity contribution >= 4 is 28.1 Å². The number of esters is 1. The van der Waals surface area contributed by atoms with Gasteiger partial charge < -0.3 is 4.74 Å². The van der Waals surface area contributed by atoms with E-state index in [4.69, 9.17) is 4.74 Å². The zero-order valence-corrected chi connectivity index (χ0v) is 16.5. The standard InChI is InChI=1S/C25H23NO3/c1-2-29-25(28)19-13-8-12-18(15-19)24(27)22-21-14-7-6-11-20(21)16-26-23(22)17-9-4-3-5-10-17/h6-9,11-16H,2-5,10H2,1H3. The van der Waals surface area contributed by atoms with Crippen LogP contribution in [0.2, 0.25) is 0 Å². The molecule has 1 aliphatic carbocycles. The minimum atomic E-state index is -0.423. The molecule has 0 aliphatic heterocycles. The van der Waals surface area contributed by atoms with Crippen molar-refractivity contribution in [2.75, 3.05) is 6.61 Å². The van der Waals surface area contributed by atoms with Gasteiger partial charge in [0, 0.05) is 17.1 Å². The fourth-order valence-electron chi connectivity index (χ4n) is 3.84. The third-order valence-corrected chi connectivity index (χ3v) is 5.26. The number of aromatic nitrogens is 1. The molecule has 0 saturated carbocycles. The summed E-state index contributed by atoms with van der Waals surface area (Å²) >= 11 is 0. The lowest BCUT2D eigenvalue weighted by atomic mass is 9.89. The van der Waals surface area contributed by atoms with E-state index in [0.29, 0.717) is 23.3 Å². The Hall–Kier alpha value is -3.27. The van der Waals surface area contributed by atoms with Gasteiger partial charge in [0.15, 0.2) is 5.78 Å². The largest absolute Gasteiger partial charge is 0.462 e. The Kier molecular flexibility index (Phi) is 5.52. The second-order valence-corrected chi connectivity index (χ2v) is 7.17. The molecule has 0 bridgehead atoms. The zero-order valence-electron chi connectivity index (χ0n) is 16.5. The second kappa shape index (κ2) is 8.39. The van der Waals surface area contributed by atoms with Gasteiger partial charge in [-0.15, -0.1) is 0 Å². The molecule has 0 N–H and O–H groups in total. The van der Waals surface area contributed by atoms with Gasteiger partial charge in [0.05, 0.1) is 23.4 Å². The minimum absolute atomic E-state index is 0.123. The third-order valence-electron chi connectivity index (χ3n) is 5.26. The first-order valence-corrected chi connectivity index (χ1v) is 10.1. The highest BCUT2D eigenvalue weighted by molar-refractivity contribution is 6.19. The molecule has 4 rings (SSSR count). The van der Waals surface area contributed by atoms with Gasteiger partial charge in [-0.25, -0.2) is 4.79 Å². The van der Waals surface area contributed by atoms with Crippen LogP contribution in [0.3, 0.4) is 0 Å². The predicted molar refractivity (Wildman–Crippen MR) is 114 cm³/mol. The summed E-state index contributed by atoms with van der Waals surface area (Å²) in [6, 6.07) is 14.6. The van der Waals surface area contributed by atoms with Gasteiger partial charge in [-0.05, 0) is 55.7 Å². The Bertz CT molecular complexity index is 1110. The van der Waals surface area contributed by atoms with Gasteiger partial charge >= 0.3 is 5.97 Å². The van der Waals surface area contributed by atoms with E-state index in [1.165, 1.54) is 6.42 Å². The molecule has 0 spiro atoms. The number of hydrogen-bond donors (Lipinski definition) is 0. The maximum atomic E-state index is 13.6. The first-order chi connectivity index (χ1) is 14.2. The normalized spacial score (nSPS) is 13.8. The molecule has 2 aromatic carbocycles. The van der Waals surface area contributed by atoms with Crippen molar-refractivity contribution < 1.29 is 14.3 Å². The highest BCUT2D eigenvalue weighted by atomic mass is 16.5. The number of fused-ring (bicyclic) bond motifs is 1. The number of carbonyl (C=O) groups excluding carboxylic acids is 2. The van der Waals surface area contributed by atoms with Crippen molar-refractivity contribution in [3.63, 3.8) is 0 Å². The van der Waals surface area contributed by atoms with E-state index in [1.807, 2.05) is 30.5 Å². The number of ketones is 1. The van der Waals surface area contributed by atoms with Crippen LogP contribution in [0.4, 0.5) is 0 Å². The van der Waals surface area contributed by atoms with Crippen molar-refractivity contribution in [1.29, 1.82) is 0 Å². The quantitative estimate of drug-likeness (QED) is 0.424. The lowest BCUT2D eigenvalue weighted by molar-refractivity contribution is 0.0526. The summed E-state index contributed by atoms with van der Waals surface area (Å²) in [7, 11) is 0. The average Bonchev–Trinajstić information content (AvgIpc) is 2.78. The SMILES string of the molecule is CCOC(=O)c1cccc(C(=O)c2c(C3=CCCCC3)ncc3ccccc23)c1. The Balaban J connectivity index is 1.86. The molecule has 0 atom stereocenters. The van der Waals surface area contributed by atoms with Crippen molar-refractivity contribution in [1.82, 2.24) is 4.98 Å². The number of rotatable bonds is 5. The van der Waals surface area contributed by atoms with Crippen LogP contribution < -0.4 is 0 Å². The molecular formula is C25H23NO3. The van der Waals surface area contributed by atoms with Gasteiger partial charge in [-0.3, -0.25) is 9.78 Å². The smallest absolute Gasteiger partial charge is 0.338 e. The van der Waals surface area contributed by atoms with E-state index in [-0.39, 0.29) is 5.78 Å². The number of hydrogen-bond acceptors (Lipinski definition) is 4. The van der Waals surface area contributed by atoms with E-state index in [1.54, 1.807) is 31.2 Å². The first-order valence-electron chi connectivity index (χ1n) is 10.1. The lowest BCUT2D eigenvalue weighted by Gasteiger charge is -2.17. The topological polar surface area (TPSA) is 56.3 Å². The van der Waals surface area contributed by atoms with Crippen LogP contribution in [0, 0.1) is 0 Å². The van der Waals surface area contributed by atoms with Crippen LogP contribution in [0.25, 0.3) is 16.3 Å². The molecule has 0 unspecified atom stereocenters. The second-order valence-electron chi connectivity index (χ2n) is 7.17. The number of carbonyl (C=O) groups is 2. The van der Waals surface area contributed by atoms with Gasteiger partial charge in [0.2, 0.25) is 0 Å². The Labute approximate surface area is 170 Å². The highest BCUT2D eigenvalue weighted by Gasteiger charge is 2.22. The Morgan fingerprint density at radius 2 is 1.86 bits per heavy atom. The average molecular weight is 385 g/mol. The Morgan fingerprint density at radius 1 is 1.03 bits per heavy atom. The number of pyridine rings is 1. The fourth-order valence-corrected chi connectivity index (χ4v) is 3.84. The van der Waals surface area contributed by atoms with Crippen molar-refractivity contribution in [2.45, 2.75) is 32.6 Å². The molecule has 1 aromatic heterocycles. The third kappa shape index (κ3) is 3.83.